The topological polar surface area (TPSA) is 26.0 Å². The number of rotatable bonds is 1. The van der Waals surface area contributed by atoms with Crippen LogP contribution in [-0.2, 0) is 0 Å². The molecule has 2 nitrogen and oxygen atoms in total. The number of hydrogen-bond donors (Lipinski definition) is 0. The van der Waals surface area contributed by atoms with Crippen LogP contribution in [-0.4, -0.2) is 4.98 Å². The summed E-state index contributed by atoms with van der Waals surface area (Å²) in [6.07, 6.45) is 0. The lowest BCUT2D eigenvalue weighted by molar-refractivity contribution is 0.561. The molecule has 0 N–H and O–H groups in total. The van der Waals surface area contributed by atoms with Crippen molar-refractivity contribution in [3.63, 3.8) is 0 Å². The second-order valence-corrected chi connectivity index (χ2v) is 4.68. The molecule has 0 fully saturated rings. The molecule has 3 aromatic rings. The summed E-state index contributed by atoms with van der Waals surface area (Å²) < 4.78 is 5.57. The first kappa shape index (κ1) is 11.0. The molecular weight excluding hydrogens is 222 g/mol. The lowest BCUT2D eigenvalue weighted by Crippen LogP contribution is -1.85. The number of aromatic nitrogens is 1. The van der Waals surface area contributed by atoms with Crippen LogP contribution in [0.5, 0.6) is 0 Å². The van der Waals surface area contributed by atoms with Gasteiger partial charge < -0.3 is 4.42 Å². The standard InChI is InChI=1S/C16H15NO/c1-10-7-8-13(9-11(10)2)14-5-4-6-15-16(14)17-12(3)18-15/h4-9H,1-3H3. The maximum atomic E-state index is 5.57. The van der Waals surface area contributed by atoms with Crippen LogP contribution in [0.15, 0.2) is 40.8 Å². The SMILES string of the molecule is Cc1nc2c(-c3ccc(C)c(C)c3)cccc2o1. The van der Waals surface area contributed by atoms with E-state index in [-0.39, 0.29) is 0 Å². The number of fused-ring (bicyclic) bond motifs is 1. The second-order valence-electron chi connectivity index (χ2n) is 4.68. The van der Waals surface area contributed by atoms with Gasteiger partial charge in [-0.05, 0) is 36.6 Å². The van der Waals surface area contributed by atoms with Gasteiger partial charge in [0.2, 0.25) is 0 Å². The molecule has 18 heavy (non-hydrogen) atoms. The molecule has 0 aliphatic heterocycles. The van der Waals surface area contributed by atoms with E-state index in [1.54, 1.807) is 0 Å². The smallest absolute Gasteiger partial charge is 0.192 e. The van der Waals surface area contributed by atoms with Crippen LogP contribution < -0.4 is 0 Å². The van der Waals surface area contributed by atoms with Gasteiger partial charge in [0, 0.05) is 12.5 Å². The normalized spacial score (nSPS) is 11.1. The minimum Gasteiger partial charge on any atom is -0.441 e. The summed E-state index contributed by atoms with van der Waals surface area (Å²) in [5.41, 5.74) is 6.72. The van der Waals surface area contributed by atoms with Crippen LogP contribution >= 0.6 is 0 Å². The average molecular weight is 237 g/mol. The highest BCUT2D eigenvalue weighted by atomic mass is 16.3. The molecule has 1 aromatic heterocycles. The Kier molecular flexibility index (Phi) is 2.44. The van der Waals surface area contributed by atoms with Crippen molar-refractivity contribution < 1.29 is 4.42 Å². The van der Waals surface area contributed by atoms with Gasteiger partial charge in [-0.25, -0.2) is 4.98 Å². The van der Waals surface area contributed by atoms with Gasteiger partial charge in [0.1, 0.15) is 5.52 Å². The Hall–Kier alpha value is -2.09. The number of oxazole rings is 1. The molecule has 0 bridgehead atoms. The Labute approximate surface area is 106 Å². The van der Waals surface area contributed by atoms with E-state index in [1.165, 1.54) is 16.7 Å². The van der Waals surface area contributed by atoms with Gasteiger partial charge in [0.15, 0.2) is 11.5 Å². The van der Waals surface area contributed by atoms with Gasteiger partial charge in [-0.2, -0.15) is 0 Å². The van der Waals surface area contributed by atoms with E-state index in [9.17, 15) is 0 Å². The highest BCUT2D eigenvalue weighted by Crippen LogP contribution is 2.29. The molecular formula is C16H15NO. The van der Waals surface area contributed by atoms with Crippen LogP contribution in [0.2, 0.25) is 0 Å². The lowest BCUT2D eigenvalue weighted by atomic mass is 10.00. The summed E-state index contributed by atoms with van der Waals surface area (Å²) in [6.45, 7) is 6.14. The lowest BCUT2D eigenvalue weighted by Gasteiger charge is -2.05. The zero-order chi connectivity index (χ0) is 12.7. The third-order valence-electron chi connectivity index (χ3n) is 3.34. The minimum absolute atomic E-state index is 0.710. The Morgan fingerprint density at radius 1 is 0.944 bits per heavy atom. The molecule has 0 saturated carbocycles. The molecule has 2 heteroatoms. The minimum atomic E-state index is 0.710. The Balaban J connectivity index is 2.27. The summed E-state index contributed by atoms with van der Waals surface area (Å²) in [5.74, 6) is 0.710. The fourth-order valence-corrected chi connectivity index (χ4v) is 2.20. The van der Waals surface area contributed by atoms with E-state index in [0.29, 0.717) is 5.89 Å². The first-order valence-electron chi connectivity index (χ1n) is 6.09. The predicted octanol–water partition coefficient (Wildman–Crippen LogP) is 4.42. The van der Waals surface area contributed by atoms with Crippen LogP contribution in [0.25, 0.3) is 22.2 Å². The van der Waals surface area contributed by atoms with Crippen molar-refractivity contribution in [3.8, 4) is 11.1 Å². The van der Waals surface area contributed by atoms with E-state index in [1.807, 2.05) is 19.1 Å². The third-order valence-corrected chi connectivity index (χ3v) is 3.34. The van der Waals surface area contributed by atoms with Gasteiger partial charge in [-0.15, -0.1) is 0 Å². The van der Waals surface area contributed by atoms with E-state index in [4.69, 9.17) is 4.42 Å². The van der Waals surface area contributed by atoms with Gasteiger partial charge in [-0.1, -0.05) is 30.3 Å². The van der Waals surface area contributed by atoms with Gasteiger partial charge in [0.25, 0.3) is 0 Å². The second kappa shape index (κ2) is 3.98. The van der Waals surface area contributed by atoms with Crippen LogP contribution in [0.4, 0.5) is 0 Å². The molecule has 0 amide bonds. The summed E-state index contributed by atoms with van der Waals surface area (Å²) in [5, 5.41) is 0. The Bertz CT molecular complexity index is 725. The average Bonchev–Trinajstić information content (AvgIpc) is 2.72. The number of hydrogen-bond acceptors (Lipinski definition) is 2. The van der Waals surface area contributed by atoms with Crippen molar-refractivity contribution in [2.75, 3.05) is 0 Å². The van der Waals surface area contributed by atoms with Crippen molar-refractivity contribution >= 4 is 11.1 Å². The highest BCUT2D eigenvalue weighted by Gasteiger charge is 2.09. The Morgan fingerprint density at radius 2 is 1.78 bits per heavy atom. The van der Waals surface area contributed by atoms with E-state index in [2.05, 4.69) is 43.1 Å². The third kappa shape index (κ3) is 1.70. The summed E-state index contributed by atoms with van der Waals surface area (Å²) in [4.78, 5) is 4.47. The fourth-order valence-electron chi connectivity index (χ4n) is 2.20. The quantitative estimate of drug-likeness (QED) is 0.626. The van der Waals surface area contributed by atoms with Crippen LogP contribution in [0.1, 0.15) is 17.0 Å². The Morgan fingerprint density at radius 3 is 2.56 bits per heavy atom. The maximum Gasteiger partial charge on any atom is 0.192 e. The molecule has 0 spiro atoms. The molecule has 2 aromatic carbocycles. The van der Waals surface area contributed by atoms with Crippen molar-refractivity contribution in [2.24, 2.45) is 0 Å². The molecule has 90 valence electrons. The molecule has 3 rings (SSSR count). The largest absolute Gasteiger partial charge is 0.441 e. The van der Waals surface area contributed by atoms with Crippen molar-refractivity contribution in [3.05, 3.63) is 53.4 Å². The predicted molar refractivity (Wildman–Crippen MR) is 73.7 cm³/mol. The van der Waals surface area contributed by atoms with E-state index >= 15 is 0 Å². The van der Waals surface area contributed by atoms with Gasteiger partial charge in [0.05, 0.1) is 0 Å². The summed E-state index contributed by atoms with van der Waals surface area (Å²) in [7, 11) is 0. The number of aryl methyl sites for hydroxylation is 3. The zero-order valence-electron chi connectivity index (χ0n) is 10.8. The monoisotopic (exact) mass is 237 g/mol. The van der Waals surface area contributed by atoms with Crippen molar-refractivity contribution in [2.45, 2.75) is 20.8 Å². The van der Waals surface area contributed by atoms with Crippen LogP contribution in [0.3, 0.4) is 0 Å². The highest BCUT2D eigenvalue weighted by molar-refractivity contribution is 5.90. The molecule has 0 radical (unpaired) electrons. The van der Waals surface area contributed by atoms with E-state index in [0.717, 1.165) is 16.7 Å². The molecule has 1 heterocycles. The summed E-state index contributed by atoms with van der Waals surface area (Å²) >= 11 is 0. The first-order valence-corrected chi connectivity index (χ1v) is 6.09. The van der Waals surface area contributed by atoms with Gasteiger partial charge >= 0.3 is 0 Å². The number of benzene rings is 2. The summed E-state index contributed by atoms with van der Waals surface area (Å²) in [6, 6.07) is 12.6. The van der Waals surface area contributed by atoms with Crippen LogP contribution in [0, 0.1) is 20.8 Å². The van der Waals surface area contributed by atoms with Gasteiger partial charge in [-0.3, -0.25) is 0 Å². The fraction of sp³-hybridized carbons (Fsp3) is 0.188. The molecule has 0 atom stereocenters. The maximum absolute atomic E-state index is 5.57. The first-order chi connectivity index (χ1) is 8.65. The molecule has 0 aliphatic carbocycles. The molecule has 0 saturated heterocycles. The zero-order valence-corrected chi connectivity index (χ0v) is 10.8. The molecule has 0 aliphatic rings. The number of nitrogens with zero attached hydrogens (tertiary/aromatic N) is 1. The number of para-hydroxylation sites is 1. The van der Waals surface area contributed by atoms with Crippen molar-refractivity contribution in [1.29, 1.82) is 0 Å². The van der Waals surface area contributed by atoms with Crippen molar-refractivity contribution in [1.82, 2.24) is 4.98 Å². The van der Waals surface area contributed by atoms with E-state index < -0.39 is 0 Å². The molecule has 0 unspecified atom stereocenters.